The first-order chi connectivity index (χ1) is 8.19. The Balaban J connectivity index is 1.91. The van der Waals surface area contributed by atoms with Gasteiger partial charge in [-0.25, -0.2) is 0 Å². The third-order valence-electron chi connectivity index (χ3n) is 3.09. The molecule has 0 bridgehead atoms. The molecule has 0 amide bonds. The summed E-state index contributed by atoms with van der Waals surface area (Å²) in [5.41, 5.74) is 0. The fourth-order valence-corrected chi connectivity index (χ4v) is 3.28. The summed E-state index contributed by atoms with van der Waals surface area (Å²) in [6.07, 6.45) is 2.81. The van der Waals surface area contributed by atoms with Gasteiger partial charge in [-0.05, 0) is 37.9 Å². The van der Waals surface area contributed by atoms with E-state index in [2.05, 4.69) is 36.2 Å². The third kappa shape index (κ3) is 4.09. The van der Waals surface area contributed by atoms with Crippen LogP contribution in [-0.2, 0) is 13.1 Å². The molecule has 0 aliphatic heterocycles. The molecule has 2 nitrogen and oxygen atoms in total. The number of hydrogen-bond acceptors (Lipinski definition) is 3. The summed E-state index contributed by atoms with van der Waals surface area (Å²) in [7, 11) is 2.01. The smallest absolute Gasteiger partial charge is 0.0331 e. The minimum absolute atomic E-state index is 0.771. The van der Waals surface area contributed by atoms with E-state index in [0.717, 1.165) is 25.0 Å². The lowest BCUT2D eigenvalue weighted by Crippen LogP contribution is -2.29. The molecule has 0 spiro atoms. The first kappa shape index (κ1) is 13.1. The molecule has 1 aromatic heterocycles. The molecule has 17 heavy (non-hydrogen) atoms. The topological polar surface area (TPSA) is 15.3 Å². The molecule has 0 unspecified atom stereocenters. The van der Waals surface area contributed by atoms with Crippen LogP contribution in [0.4, 0.5) is 0 Å². The van der Waals surface area contributed by atoms with Gasteiger partial charge in [-0.1, -0.05) is 13.8 Å². The third-order valence-corrected chi connectivity index (χ3v) is 4.16. The Morgan fingerprint density at radius 3 is 2.65 bits per heavy atom. The molecule has 0 radical (unpaired) electrons. The van der Waals surface area contributed by atoms with Gasteiger partial charge in [-0.3, -0.25) is 4.90 Å². The van der Waals surface area contributed by atoms with Crippen LogP contribution >= 0.6 is 11.3 Å². The van der Waals surface area contributed by atoms with E-state index in [-0.39, 0.29) is 0 Å². The van der Waals surface area contributed by atoms with Crippen LogP contribution in [0.1, 0.15) is 36.4 Å². The summed E-state index contributed by atoms with van der Waals surface area (Å²) >= 11 is 1.95. The number of nitrogens with one attached hydrogen (secondary N) is 1. The van der Waals surface area contributed by atoms with E-state index < -0.39 is 0 Å². The summed E-state index contributed by atoms with van der Waals surface area (Å²) in [5.74, 6) is 0.771. The standard InChI is InChI=1S/C14H24N2S/c1-11(2)9-16(12-4-5-12)10-14-7-6-13(17-14)8-15-3/h6-7,11-12,15H,4-5,8-10H2,1-3H3. The SMILES string of the molecule is CNCc1ccc(CN(CC(C)C)C2CC2)s1. The van der Waals surface area contributed by atoms with Crippen LogP contribution in [-0.4, -0.2) is 24.5 Å². The molecule has 1 aromatic rings. The second-order valence-electron chi connectivity index (χ2n) is 5.45. The molecular weight excluding hydrogens is 228 g/mol. The molecule has 0 atom stereocenters. The lowest BCUT2D eigenvalue weighted by atomic mass is 10.2. The van der Waals surface area contributed by atoms with Gasteiger partial charge in [0.05, 0.1) is 0 Å². The highest BCUT2D eigenvalue weighted by molar-refractivity contribution is 7.11. The van der Waals surface area contributed by atoms with Gasteiger partial charge in [0.2, 0.25) is 0 Å². The maximum Gasteiger partial charge on any atom is 0.0331 e. The number of thiophene rings is 1. The van der Waals surface area contributed by atoms with Gasteiger partial charge in [0, 0.05) is 35.4 Å². The van der Waals surface area contributed by atoms with Gasteiger partial charge in [0.1, 0.15) is 0 Å². The van der Waals surface area contributed by atoms with E-state index in [1.807, 2.05) is 18.4 Å². The maximum absolute atomic E-state index is 3.21. The molecule has 3 heteroatoms. The van der Waals surface area contributed by atoms with Crippen LogP contribution in [0.5, 0.6) is 0 Å². The van der Waals surface area contributed by atoms with Crippen LogP contribution in [0.2, 0.25) is 0 Å². The Labute approximate surface area is 109 Å². The predicted octanol–water partition coefficient (Wildman–Crippen LogP) is 3.09. The van der Waals surface area contributed by atoms with E-state index in [1.165, 1.54) is 29.1 Å². The minimum Gasteiger partial charge on any atom is -0.315 e. The van der Waals surface area contributed by atoms with Gasteiger partial charge in [-0.15, -0.1) is 11.3 Å². The number of rotatable bonds is 7. The Hall–Kier alpha value is -0.380. The predicted molar refractivity (Wildman–Crippen MR) is 75.4 cm³/mol. The quantitative estimate of drug-likeness (QED) is 0.802. The fourth-order valence-electron chi connectivity index (χ4n) is 2.23. The van der Waals surface area contributed by atoms with Crippen LogP contribution in [0.25, 0.3) is 0 Å². The van der Waals surface area contributed by atoms with Crippen molar-refractivity contribution in [3.8, 4) is 0 Å². The normalized spacial score (nSPS) is 16.1. The second kappa shape index (κ2) is 5.98. The summed E-state index contributed by atoms with van der Waals surface area (Å²) in [6.45, 7) is 8.02. The molecule has 1 heterocycles. The summed E-state index contributed by atoms with van der Waals surface area (Å²) in [4.78, 5) is 5.63. The van der Waals surface area contributed by atoms with Gasteiger partial charge >= 0.3 is 0 Å². The monoisotopic (exact) mass is 252 g/mol. The van der Waals surface area contributed by atoms with Crippen molar-refractivity contribution in [3.63, 3.8) is 0 Å². The van der Waals surface area contributed by atoms with Gasteiger partial charge in [0.25, 0.3) is 0 Å². The molecule has 1 N–H and O–H groups in total. The Morgan fingerprint density at radius 1 is 1.35 bits per heavy atom. The van der Waals surface area contributed by atoms with Gasteiger partial charge in [-0.2, -0.15) is 0 Å². The maximum atomic E-state index is 3.21. The fraction of sp³-hybridized carbons (Fsp3) is 0.714. The van der Waals surface area contributed by atoms with Crippen LogP contribution in [0.15, 0.2) is 12.1 Å². The average molecular weight is 252 g/mol. The van der Waals surface area contributed by atoms with Gasteiger partial charge < -0.3 is 5.32 Å². The van der Waals surface area contributed by atoms with Crippen molar-refractivity contribution in [2.45, 2.75) is 45.8 Å². The van der Waals surface area contributed by atoms with Crippen LogP contribution < -0.4 is 5.32 Å². The summed E-state index contributed by atoms with van der Waals surface area (Å²) < 4.78 is 0. The molecular formula is C14H24N2S. The Morgan fingerprint density at radius 2 is 2.06 bits per heavy atom. The van der Waals surface area contributed by atoms with E-state index >= 15 is 0 Å². The molecule has 1 aliphatic carbocycles. The van der Waals surface area contributed by atoms with Crippen molar-refractivity contribution in [2.24, 2.45) is 5.92 Å². The minimum atomic E-state index is 0.771. The molecule has 96 valence electrons. The average Bonchev–Trinajstić information content (AvgIpc) is 3.01. The molecule has 1 fully saturated rings. The van der Waals surface area contributed by atoms with Crippen LogP contribution in [0, 0.1) is 5.92 Å². The van der Waals surface area contributed by atoms with E-state index in [4.69, 9.17) is 0 Å². The van der Waals surface area contributed by atoms with Crippen molar-refractivity contribution < 1.29 is 0 Å². The molecule has 1 aliphatic rings. The zero-order valence-corrected chi connectivity index (χ0v) is 12.0. The first-order valence-corrected chi connectivity index (χ1v) is 7.47. The zero-order valence-electron chi connectivity index (χ0n) is 11.2. The highest BCUT2D eigenvalue weighted by atomic mass is 32.1. The first-order valence-electron chi connectivity index (χ1n) is 6.65. The lowest BCUT2D eigenvalue weighted by Gasteiger charge is -2.23. The van der Waals surface area contributed by atoms with Crippen LogP contribution in [0.3, 0.4) is 0 Å². The highest BCUT2D eigenvalue weighted by Gasteiger charge is 2.29. The van der Waals surface area contributed by atoms with Crippen molar-refractivity contribution >= 4 is 11.3 Å². The van der Waals surface area contributed by atoms with E-state index in [9.17, 15) is 0 Å². The van der Waals surface area contributed by atoms with E-state index in [0.29, 0.717) is 0 Å². The summed E-state index contributed by atoms with van der Waals surface area (Å²) in [5, 5.41) is 3.21. The highest BCUT2D eigenvalue weighted by Crippen LogP contribution is 2.30. The Kier molecular flexibility index (Phi) is 4.60. The van der Waals surface area contributed by atoms with Gasteiger partial charge in [0.15, 0.2) is 0 Å². The van der Waals surface area contributed by atoms with Crippen molar-refractivity contribution in [2.75, 3.05) is 13.6 Å². The summed E-state index contributed by atoms with van der Waals surface area (Å²) in [6, 6.07) is 5.43. The van der Waals surface area contributed by atoms with Crippen molar-refractivity contribution in [1.82, 2.24) is 10.2 Å². The van der Waals surface area contributed by atoms with E-state index in [1.54, 1.807) is 0 Å². The number of nitrogens with zero attached hydrogens (tertiary/aromatic N) is 1. The Bertz CT molecular complexity index is 342. The van der Waals surface area contributed by atoms with Crippen molar-refractivity contribution in [3.05, 3.63) is 21.9 Å². The molecule has 0 aromatic carbocycles. The van der Waals surface area contributed by atoms with Crippen molar-refractivity contribution in [1.29, 1.82) is 0 Å². The zero-order chi connectivity index (χ0) is 12.3. The molecule has 0 saturated heterocycles. The largest absolute Gasteiger partial charge is 0.315 e. The molecule has 2 rings (SSSR count). The second-order valence-corrected chi connectivity index (χ2v) is 6.71. The lowest BCUT2D eigenvalue weighted by molar-refractivity contribution is 0.228. The molecule has 1 saturated carbocycles. The number of hydrogen-bond donors (Lipinski definition) is 1.